The highest BCUT2D eigenvalue weighted by Gasteiger charge is 2.19. The number of carboxylic acids is 1. The first-order valence-corrected chi connectivity index (χ1v) is 3.12. The topological polar surface area (TPSA) is 37.3 Å². The van der Waals surface area contributed by atoms with Gasteiger partial charge in [0.05, 0.1) is 0 Å². The highest BCUT2D eigenvalue weighted by molar-refractivity contribution is 9.12. The van der Waals surface area contributed by atoms with Gasteiger partial charge in [-0.1, -0.05) is 0 Å². The van der Waals surface area contributed by atoms with Crippen LogP contribution in [0.2, 0.25) is 0 Å². The van der Waals surface area contributed by atoms with Gasteiger partial charge in [-0.2, -0.15) is 0 Å². The van der Waals surface area contributed by atoms with Crippen molar-refractivity contribution in [3.05, 3.63) is 10.1 Å². The molecule has 0 amide bonds. The summed E-state index contributed by atoms with van der Waals surface area (Å²) < 4.78 is 0.359. The molecule has 0 bridgehead atoms. The van der Waals surface area contributed by atoms with Crippen molar-refractivity contribution in [3.8, 4) is 0 Å². The zero-order valence-corrected chi connectivity index (χ0v) is 5.73. The number of hydrogen-bond acceptors (Lipinski definition) is 1. The van der Waals surface area contributed by atoms with Crippen molar-refractivity contribution >= 4 is 21.9 Å². The molecule has 8 heavy (non-hydrogen) atoms. The van der Waals surface area contributed by atoms with Crippen LogP contribution in [0.25, 0.3) is 0 Å². The van der Waals surface area contributed by atoms with E-state index in [-0.39, 0.29) is 0 Å². The fourth-order valence-corrected chi connectivity index (χ4v) is 0.830. The second-order valence-corrected chi connectivity index (χ2v) is 2.52. The molecule has 0 aromatic heterocycles. The minimum Gasteiger partial charge on any atom is -0.477 e. The standard InChI is InChI=1S/C5H5BrO2/c6-4(5(7)8)3-1-2-3/h1-2H2,(H,7,8). The van der Waals surface area contributed by atoms with Crippen molar-refractivity contribution < 1.29 is 9.90 Å². The van der Waals surface area contributed by atoms with E-state index in [1.165, 1.54) is 0 Å². The molecule has 44 valence electrons. The van der Waals surface area contributed by atoms with E-state index in [4.69, 9.17) is 5.11 Å². The minimum absolute atomic E-state index is 0.359. The highest BCUT2D eigenvalue weighted by Crippen LogP contribution is 2.34. The Bertz CT molecular complexity index is 154. The van der Waals surface area contributed by atoms with E-state index in [0.29, 0.717) is 4.48 Å². The summed E-state index contributed by atoms with van der Waals surface area (Å²) >= 11 is 2.95. The molecule has 1 N–H and O–H groups in total. The number of rotatable bonds is 1. The summed E-state index contributed by atoms with van der Waals surface area (Å²) in [6.07, 6.45) is 1.90. The molecule has 1 aliphatic carbocycles. The average molecular weight is 177 g/mol. The van der Waals surface area contributed by atoms with Crippen molar-refractivity contribution in [2.45, 2.75) is 12.8 Å². The summed E-state index contributed by atoms with van der Waals surface area (Å²) in [5, 5.41) is 8.29. The van der Waals surface area contributed by atoms with Gasteiger partial charge in [-0.3, -0.25) is 0 Å². The van der Waals surface area contributed by atoms with Crippen LogP contribution in [0.1, 0.15) is 12.8 Å². The van der Waals surface area contributed by atoms with Gasteiger partial charge in [-0.15, -0.1) is 0 Å². The molecule has 0 atom stereocenters. The van der Waals surface area contributed by atoms with Gasteiger partial charge in [0.1, 0.15) is 4.48 Å². The zero-order chi connectivity index (χ0) is 6.15. The first kappa shape index (κ1) is 5.82. The maximum atomic E-state index is 10.1. The normalized spacial score (nSPS) is 15.9. The van der Waals surface area contributed by atoms with E-state index in [1.54, 1.807) is 0 Å². The van der Waals surface area contributed by atoms with E-state index >= 15 is 0 Å². The largest absolute Gasteiger partial charge is 0.477 e. The SMILES string of the molecule is O=C(O)C(Br)=C1CC1. The van der Waals surface area contributed by atoms with E-state index in [0.717, 1.165) is 18.4 Å². The summed E-state index contributed by atoms with van der Waals surface area (Å²) in [4.78, 5) is 10.1. The fraction of sp³-hybridized carbons (Fsp3) is 0.400. The van der Waals surface area contributed by atoms with Gasteiger partial charge in [0.2, 0.25) is 0 Å². The third-order valence-electron chi connectivity index (χ3n) is 0.998. The second kappa shape index (κ2) is 1.90. The van der Waals surface area contributed by atoms with Crippen LogP contribution in [-0.2, 0) is 4.79 Å². The van der Waals surface area contributed by atoms with Crippen molar-refractivity contribution in [3.63, 3.8) is 0 Å². The molecule has 3 heteroatoms. The molecule has 0 spiro atoms. The smallest absolute Gasteiger partial charge is 0.342 e. The molecule has 0 unspecified atom stereocenters. The Morgan fingerprint density at radius 1 is 1.62 bits per heavy atom. The lowest BCUT2D eigenvalue weighted by Gasteiger charge is -1.83. The number of allylic oxidation sites excluding steroid dienone is 1. The first-order valence-electron chi connectivity index (χ1n) is 2.32. The molecule has 1 aliphatic rings. The fourth-order valence-electron chi connectivity index (χ4n) is 0.433. The van der Waals surface area contributed by atoms with Crippen LogP contribution in [0.4, 0.5) is 0 Å². The monoisotopic (exact) mass is 176 g/mol. The quantitative estimate of drug-likeness (QED) is 0.616. The first-order chi connectivity index (χ1) is 3.72. The van der Waals surface area contributed by atoms with Crippen molar-refractivity contribution in [1.82, 2.24) is 0 Å². The van der Waals surface area contributed by atoms with E-state index in [9.17, 15) is 4.79 Å². The van der Waals surface area contributed by atoms with Gasteiger partial charge in [0.25, 0.3) is 0 Å². The Hall–Kier alpha value is -0.310. The van der Waals surface area contributed by atoms with Crippen LogP contribution < -0.4 is 0 Å². The summed E-state index contributed by atoms with van der Waals surface area (Å²) in [5.74, 6) is -0.850. The van der Waals surface area contributed by atoms with Crippen LogP contribution in [0.5, 0.6) is 0 Å². The lowest BCUT2D eigenvalue weighted by molar-refractivity contribution is -0.131. The molecular weight excluding hydrogens is 172 g/mol. The number of halogens is 1. The van der Waals surface area contributed by atoms with Crippen LogP contribution in [0, 0.1) is 0 Å². The predicted molar refractivity (Wildman–Crippen MR) is 32.8 cm³/mol. The molecule has 0 aliphatic heterocycles. The number of carboxylic acid groups (broad SMARTS) is 1. The Kier molecular flexibility index (Phi) is 1.38. The van der Waals surface area contributed by atoms with Crippen molar-refractivity contribution in [2.75, 3.05) is 0 Å². The van der Waals surface area contributed by atoms with E-state index in [2.05, 4.69) is 15.9 Å². The van der Waals surface area contributed by atoms with E-state index in [1.807, 2.05) is 0 Å². The van der Waals surface area contributed by atoms with Gasteiger partial charge in [-0.25, -0.2) is 4.79 Å². The number of aliphatic carboxylic acids is 1. The number of hydrogen-bond donors (Lipinski definition) is 1. The molecule has 0 saturated heterocycles. The zero-order valence-electron chi connectivity index (χ0n) is 4.15. The van der Waals surface area contributed by atoms with Gasteiger partial charge < -0.3 is 5.11 Å². The predicted octanol–water partition coefficient (Wildman–Crippen LogP) is 1.51. The number of carbonyl (C=O) groups is 1. The summed E-state index contributed by atoms with van der Waals surface area (Å²) in [6.45, 7) is 0. The van der Waals surface area contributed by atoms with E-state index < -0.39 is 5.97 Å². The molecule has 1 saturated carbocycles. The minimum atomic E-state index is -0.850. The van der Waals surface area contributed by atoms with Crippen molar-refractivity contribution in [1.29, 1.82) is 0 Å². The van der Waals surface area contributed by atoms with Crippen molar-refractivity contribution in [2.24, 2.45) is 0 Å². The van der Waals surface area contributed by atoms with Crippen LogP contribution in [-0.4, -0.2) is 11.1 Å². The van der Waals surface area contributed by atoms with Crippen LogP contribution in [0.15, 0.2) is 10.1 Å². The van der Waals surface area contributed by atoms with Crippen LogP contribution >= 0.6 is 15.9 Å². The molecule has 1 rings (SSSR count). The van der Waals surface area contributed by atoms with Gasteiger partial charge >= 0.3 is 5.97 Å². The Labute approximate surface area is 55.3 Å². The molecule has 0 aromatic carbocycles. The molecule has 2 nitrogen and oxygen atoms in total. The van der Waals surface area contributed by atoms with Gasteiger partial charge in [-0.05, 0) is 34.3 Å². The summed E-state index contributed by atoms with van der Waals surface area (Å²) in [7, 11) is 0. The molecule has 1 fully saturated rings. The third kappa shape index (κ3) is 1.10. The lowest BCUT2D eigenvalue weighted by Crippen LogP contribution is -1.91. The molecule has 0 radical (unpaired) electrons. The Morgan fingerprint density at radius 3 is 2.25 bits per heavy atom. The van der Waals surface area contributed by atoms with Crippen LogP contribution in [0.3, 0.4) is 0 Å². The second-order valence-electron chi connectivity index (χ2n) is 1.72. The maximum Gasteiger partial charge on any atom is 0.342 e. The average Bonchev–Trinajstić information content (AvgIpc) is 2.43. The highest BCUT2D eigenvalue weighted by atomic mass is 79.9. The third-order valence-corrected chi connectivity index (χ3v) is 1.90. The molecule has 0 aromatic rings. The summed E-state index contributed by atoms with van der Waals surface area (Å²) in [6, 6.07) is 0. The summed E-state index contributed by atoms with van der Waals surface area (Å²) in [5.41, 5.74) is 1.03. The Morgan fingerprint density at radius 2 is 2.12 bits per heavy atom. The van der Waals surface area contributed by atoms with Gasteiger partial charge in [0, 0.05) is 0 Å². The maximum absolute atomic E-state index is 10.1. The Balaban J connectivity index is 2.70. The van der Waals surface area contributed by atoms with Gasteiger partial charge in [0.15, 0.2) is 0 Å². The molecule has 0 heterocycles. The lowest BCUT2D eigenvalue weighted by atomic mass is 10.5. The molecular formula is C5H5BrO2.